The fraction of sp³-hybridized carbons (Fsp3) is 0.571. The van der Waals surface area contributed by atoms with Crippen LogP contribution in [-0.4, -0.2) is 35.5 Å². The number of nitrogens with one attached hydrogen (secondary N) is 1. The first-order valence-electron chi connectivity index (χ1n) is 6.86. The molecule has 2 aromatic rings. The Bertz CT molecular complexity index is 562. The summed E-state index contributed by atoms with van der Waals surface area (Å²) < 4.78 is 0. The summed E-state index contributed by atoms with van der Waals surface area (Å²) in [5.74, 6) is 2.75. The Hall–Kier alpha value is -1.20. The lowest BCUT2D eigenvalue weighted by atomic mass is 9.85. The number of hydrogen-bond acceptors (Lipinski definition) is 5. The molecule has 0 spiro atoms. The molecule has 0 saturated heterocycles. The third kappa shape index (κ3) is 2.72. The molecule has 4 nitrogen and oxygen atoms in total. The second-order valence-electron chi connectivity index (χ2n) is 5.37. The van der Waals surface area contributed by atoms with Gasteiger partial charge in [-0.05, 0) is 37.3 Å². The van der Waals surface area contributed by atoms with Crippen molar-refractivity contribution in [1.29, 1.82) is 0 Å². The highest BCUT2D eigenvalue weighted by atomic mass is 32.1. The Labute approximate surface area is 117 Å². The van der Waals surface area contributed by atoms with Gasteiger partial charge in [-0.25, -0.2) is 9.97 Å². The number of hydrogen-bond donors (Lipinski definition) is 1. The van der Waals surface area contributed by atoms with Crippen molar-refractivity contribution in [3.8, 4) is 0 Å². The van der Waals surface area contributed by atoms with Crippen LogP contribution in [0.15, 0.2) is 11.4 Å². The highest BCUT2D eigenvalue weighted by Crippen LogP contribution is 2.28. The smallest absolute Gasteiger partial charge is 0.146 e. The van der Waals surface area contributed by atoms with Crippen molar-refractivity contribution in [1.82, 2.24) is 14.9 Å². The Morgan fingerprint density at radius 2 is 2.26 bits per heavy atom. The van der Waals surface area contributed by atoms with Crippen LogP contribution in [0.1, 0.15) is 25.1 Å². The third-order valence-electron chi connectivity index (χ3n) is 3.81. The highest BCUT2D eigenvalue weighted by molar-refractivity contribution is 7.16. The molecule has 2 aromatic heterocycles. The van der Waals surface area contributed by atoms with E-state index in [1.54, 1.807) is 11.3 Å². The van der Waals surface area contributed by atoms with Gasteiger partial charge in [-0.1, -0.05) is 6.42 Å². The van der Waals surface area contributed by atoms with Gasteiger partial charge in [0.25, 0.3) is 0 Å². The van der Waals surface area contributed by atoms with Crippen molar-refractivity contribution in [2.45, 2.75) is 25.8 Å². The summed E-state index contributed by atoms with van der Waals surface area (Å²) in [6.45, 7) is 2.00. The van der Waals surface area contributed by atoms with E-state index >= 15 is 0 Å². The van der Waals surface area contributed by atoms with Gasteiger partial charge in [0.05, 0.1) is 11.9 Å². The van der Waals surface area contributed by atoms with E-state index in [4.69, 9.17) is 0 Å². The monoisotopic (exact) mass is 276 g/mol. The second-order valence-corrected chi connectivity index (χ2v) is 6.27. The van der Waals surface area contributed by atoms with Crippen molar-refractivity contribution in [3.05, 3.63) is 17.3 Å². The molecule has 1 fully saturated rings. The summed E-state index contributed by atoms with van der Waals surface area (Å²) in [6.07, 6.45) is 4.17. The maximum absolute atomic E-state index is 4.66. The quantitative estimate of drug-likeness (QED) is 0.911. The van der Waals surface area contributed by atoms with Crippen molar-refractivity contribution >= 4 is 27.4 Å². The number of anilines is 1. The molecule has 5 heteroatoms. The van der Waals surface area contributed by atoms with Crippen LogP contribution in [0.2, 0.25) is 0 Å². The van der Waals surface area contributed by atoms with Crippen LogP contribution >= 0.6 is 11.3 Å². The lowest BCUT2D eigenvalue weighted by Crippen LogP contribution is -2.29. The lowest BCUT2D eigenvalue weighted by molar-refractivity contribution is 0.197. The van der Waals surface area contributed by atoms with Gasteiger partial charge in [-0.2, -0.15) is 0 Å². The second kappa shape index (κ2) is 5.43. The normalized spacial score (nSPS) is 15.9. The van der Waals surface area contributed by atoms with Gasteiger partial charge in [0.15, 0.2) is 0 Å². The number of aromatic nitrogens is 2. The van der Waals surface area contributed by atoms with E-state index in [-0.39, 0.29) is 0 Å². The molecule has 102 valence electrons. The van der Waals surface area contributed by atoms with Crippen molar-refractivity contribution in [2.24, 2.45) is 5.92 Å². The highest BCUT2D eigenvalue weighted by Gasteiger charge is 2.19. The van der Waals surface area contributed by atoms with Crippen LogP contribution in [0, 0.1) is 5.92 Å². The molecule has 0 aromatic carbocycles. The van der Waals surface area contributed by atoms with Gasteiger partial charge in [0.1, 0.15) is 16.5 Å². The topological polar surface area (TPSA) is 41.1 Å². The maximum Gasteiger partial charge on any atom is 0.146 e. The summed E-state index contributed by atoms with van der Waals surface area (Å²) in [6, 6.07) is 2.08. The van der Waals surface area contributed by atoms with Crippen LogP contribution in [0.3, 0.4) is 0 Å². The zero-order valence-corrected chi connectivity index (χ0v) is 12.3. The summed E-state index contributed by atoms with van der Waals surface area (Å²) in [7, 11) is 4.08. The molecular formula is C14H20N4S. The number of fused-ring (bicyclic) bond motifs is 1. The molecule has 0 aliphatic heterocycles. The zero-order valence-electron chi connectivity index (χ0n) is 11.5. The maximum atomic E-state index is 4.66. The summed E-state index contributed by atoms with van der Waals surface area (Å²) >= 11 is 1.68. The van der Waals surface area contributed by atoms with Gasteiger partial charge in [0, 0.05) is 13.6 Å². The Kier molecular flexibility index (Phi) is 3.66. The van der Waals surface area contributed by atoms with Gasteiger partial charge in [-0.15, -0.1) is 11.3 Å². The molecule has 0 bridgehead atoms. The zero-order chi connectivity index (χ0) is 13.2. The molecule has 0 unspecified atom stereocenters. The molecule has 0 atom stereocenters. The minimum absolute atomic E-state index is 0.832. The van der Waals surface area contributed by atoms with Crippen molar-refractivity contribution < 1.29 is 0 Å². The van der Waals surface area contributed by atoms with E-state index in [2.05, 4.69) is 38.7 Å². The standard InChI is InChI=1S/C14H20N4S/c1-15-13-11-6-7-19-14(11)17-12(16-13)9-18(2)8-10-4-3-5-10/h6-7,10H,3-5,8-9H2,1-2H3,(H,15,16,17). The molecule has 1 aliphatic carbocycles. The van der Waals surface area contributed by atoms with Crippen LogP contribution in [0.5, 0.6) is 0 Å². The largest absolute Gasteiger partial charge is 0.372 e. The average molecular weight is 276 g/mol. The lowest BCUT2D eigenvalue weighted by Gasteiger charge is -2.29. The third-order valence-corrected chi connectivity index (χ3v) is 4.62. The van der Waals surface area contributed by atoms with E-state index < -0.39 is 0 Å². The van der Waals surface area contributed by atoms with E-state index in [9.17, 15) is 0 Å². The van der Waals surface area contributed by atoms with Crippen molar-refractivity contribution in [3.63, 3.8) is 0 Å². The van der Waals surface area contributed by atoms with Crippen molar-refractivity contribution in [2.75, 3.05) is 26.0 Å². The van der Waals surface area contributed by atoms with Crippen LogP contribution in [0.4, 0.5) is 5.82 Å². The predicted octanol–water partition coefficient (Wildman–Crippen LogP) is 2.96. The summed E-state index contributed by atoms with van der Waals surface area (Å²) in [5.41, 5.74) is 0. The van der Waals surface area contributed by atoms with E-state index in [1.165, 1.54) is 25.8 Å². The first-order chi connectivity index (χ1) is 9.26. The average Bonchev–Trinajstić information content (AvgIpc) is 2.81. The van der Waals surface area contributed by atoms with Gasteiger partial charge in [0.2, 0.25) is 0 Å². The Morgan fingerprint density at radius 3 is 2.95 bits per heavy atom. The van der Waals surface area contributed by atoms with Gasteiger partial charge in [-0.3, -0.25) is 4.90 Å². The number of thiophene rings is 1. The van der Waals surface area contributed by atoms with Gasteiger partial charge >= 0.3 is 0 Å². The number of rotatable bonds is 5. The number of nitrogens with zero attached hydrogens (tertiary/aromatic N) is 3. The summed E-state index contributed by atoms with van der Waals surface area (Å²) in [4.78, 5) is 12.7. The molecular weight excluding hydrogens is 256 g/mol. The molecule has 1 aliphatic rings. The molecule has 0 amide bonds. The van der Waals surface area contributed by atoms with Gasteiger partial charge < -0.3 is 5.32 Å². The van der Waals surface area contributed by atoms with Crippen LogP contribution in [-0.2, 0) is 6.54 Å². The Morgan fingerprint density at radius 1 is 1.42 bits per heavy atom. The first-order valence-corrected chi connectivity index (χ1v) is 7.74. The molecule has 0 radical (unpaired) electrons. The van der Waals surface area contributed by atoms with Crippen LogP contribution < -0.4 is 5.32 Å². The summed E-state index contributed by atoms with van der Waals surface area (Å²) in [5, 5.41) is 6.36. The van der Waals surface area contributed by atoms with Crippen LogP contribution in [0.25, 0.3) is 10.2 Å². The fourth-order valence-corrected chi connectivity index (χ4v) is 3.37. The minimum Gasteiger partial charge on any atom is -0.372 e. The van der Waals surface area contributed by atoms with E-state index in [0.717, 1.165) is 34.3 Å². The predicted molar refractivity (Wildman–Crippen MR) is 80.6 cm³/mol. The van der Waals surface area contributed by atoms with E-state index in [1.807, 2.05) is 7.05 Å². The van der Waals surface area contributed by atoms with E-state index in [0.29, 0.717) is 0 Å². The SMILES string of the molecule is CNc1nc(CN(C)CC2CCC2)nc2sccc12. The first kappa shape index (κ1) is 12.8. The molecule has 1 N–H and O–H groups in total. The molecule has 3 rings (SSSR count). The Balaban J connectivity index is 1.75. The minimum atomic E-state index is 0.832. The molecule has 2 heterocycles. The molecule has 1 saturated carbocycles. The fourth-order valence-electron chi connectivity index (χ4n) is 2.58. The molecule has 19 heavy (non-hydrogen) atoms.